The second-order valence-electron chi connectivity index (χ2n) is 4.90. The monoisotopic (exact) mass is 353 g/mol. The molecule has 136 valence electrons. The first-order valence-electron chi connectivity index (χ1n) is 7.36. The van der Waals surface area contributed by atoms with Crippen molar-refractivity contribution in [3.8, 4) is 5.75 Å². The molecular weight excluding hydrogens is 334 g/mol. The molecule has 0 heterocycles. The van der Waals surface area contributed by atoms with Gasteiger partial charge >= 0.3 is 11.7 Å². The Hall–Kier alpha value is -3.17. The number of esters is 1. The van der Waals surface area contributed by atoms with Crippen LogP contribution in [0.5, 0.6) is 5.75 Å². The predicted molar refractivity (Wildman–Crippen MR) is 86.2 cm³/mol. The van der Waals surface area contributed by atoms with Gasteiger partial charge in [-0.3, -0.25) is 19.7 Å². The summed E-state index contributed by atoms with van der Waals surface area (Å²) in [5, 5.41) is 16.0. The van der Waals surface area contributed by atoms with Gasteiger partial charge in [-0.2, -0.15) is 0 Å². The number of nitro groups is 1. The van der Waals surface area contributed by atoms with Crippen LogP contribution in [0.3, 0.4) is 0 Å². The van der Waals surface area contributed by atoms with Gasteiger partial charge in [0.1, 0.15) is 6.04 Å². The Morgan fingerprint density at radius 3 is 2.56 bits per heavy atom. The fourth-order valence-electron chi connectivity index (χ4n) is 1.85. The van der Waals surface area contributed by atoms with E-state index in [1.165, 1.54) is 19.1 Å². The number of hydrogen-bond donors (Lipinski definition) is 2. The zero-order valence-electron chi connectivity index (χ0n) is 14.0. The molecule has 25 heavy (non-hydrogen) atoms. The van der Waals surface area contributed by atoms with Gasteiger partial charge in [-0.15, -0.1) is 0 Å². The number of benzene rings is 1. The Labute approximate surface area is 143 Å². The number of carbonyl (C=O) groups excluding carboxylic acids is 3. The van der Waals surface area contributed by atoms with Crippen LogP contribution < -0.4 is 15.4 Å². The predicted octanol–water partition coefficient (Wildman–Crippen LogP) is 0.401. The van der Waals surface area contributed by atoms with E-state index in [2.05, 4.69) is 15.4 Å². The highest BCUT2D eigenvalue weighted by Gasteiger charge is 2.21. The highest BCUT2D eigenvalue weighted by molar-refractivity contribution is 5.90. The summed E-state index contributed by atoms with van der Waals surface area (Å²) in [6.45, 7) is 3.14. The second-order valence-corrected chi connectivity index (χ2v) is 4.90. The van der Waals surface area contributed by atoms with Crippen molar-refractivity contribution in [2.24, 2.45) is 0 Å². The van der Waals surface area contributed by atoms with E-state index >= 15 is 0 Å². The third-order valence-electron chi connectivity index (χ3n) is 3.06. The first-order valence-corrected chi connectivity index (χ1v) is 7.36. The first-order chi connectivity index (χ1) is 11.8. The van der Waals surface area contributed by atoms with Gasteiger partial charge < -0.3 is 20.1 Å². The Morgan fingerprint density at radius 1 is 1.32 bits per heavy atom. The maximum Gasteiger partial charge on any atom is 0.338 e. The zero-order valence-corrected chi connectivity index (χ0v) is 14.0. The standard InChI is InChI=1S/C15H19N3O7/c1-4-16-14(20)9(2)17-13(19)8-25-12-6-5-10(15(21)24-3)7-11(12)18(22)23/h5-7,9H,4,8H2,1-3H3,(H,16,20)(H,17,19)/t9-/m1/s1. The van der Waals surface area contributed by atoms with Crippen molar-refractivity contribution in [3.05, 3.63) is 33.9 Å². The maximum absolute atomic E-state index is 11.8. The van der Waals surface area contributed by atoms with Gasteiger partial charge in [0.25, 0.3) is 5.91 Å². The molecule has 1 rings (SSSR count). The van der Waals surface area contributed by atoms with Gasteiger partial charge in [-0.1, -0.05) is 0 Å². The highest BCUT2D eigenvalue weighted by Crippen LogP contribution is 2.28. The van der Waals surface area contributed by atoms with E-state index in [4.69, 9.17) is 4.74 Å². The molecule has 0 saturated carbocycles. The van der Waals surface area contributed by atoms with Crippen LogP contribution >= 0.6 is 0 Å². The van der Waals surface area contributed by atoms with Crippen LogP contribution in [0.1, 0.15) is 24.2 Å². The number of methoxy groups -OCH3 is 1. The zero-order chi connectivity index (χ0) is 19.0. The lowest BCUT2D eigenvalue weighted by atomic mass is 10.2. The van der Waals surface area contributed by atoms with Crippen molar-refractivity contribution in [1.29, 1.82) is 0 Å². The van der Waals surface area contributed by atoms with E-state index in [9.17, 15) is 24.5 Å². The van der Waals surface area contributed by atoms with E-state index < -0.39 is 35.1 Å². The fraction of sp³-hybridized carbons (Fsp3) is 0.400. The molecule has 0 aromatic heterocycles. The molecule has 1 aromatic carbocycles. The minimum Gasteiger partial charge on any atom is -0.477 e. The number of amides is 2. The van der Waals surface area contributed by atoms with E-state index in [0.717, 1.165) is 13.2 Å². The van der Waals surface area contributed by atoms with Crippen molar-refractivity contribution in [2.75, 3.05) is 20.3 Å². The molecule has 0 saturated heterocycles. The third-order valence-corrected chi connectivity index (χ3v) is 3.06. The van der Waals surface area contributed by atoms with Crippen molar-refractivity contribution in [3.63, 3.8) is 0 Å². The minimum absolute atomic E-state index is 0.0177. The minimum atomic E-state index is -0.771. The number of nitrogens with zero attached hydrogens (tertiary/aromatic N) is 1. The Bertz CT molecular complexity index is 675. The van der Waals surface area contributed by atoms with Gasteiger partial charge in [0.15, 0.2) is 12.4 Å². The van der Waals surface area contributed by atoms with Crippen molar-refractivity contribution < 1.29 is 28.8 Å². The normalized spacial score (nSPS) is 11.2. The van der Waals surface area contributed by atoms with E-state index in [0.29, 0.717) is 6.54 Å². The van der Waals surface area contributed by atoms with E-state index in [1.807, 2.05) is 0 Å². The first kappa shape index (κ1) is 19.9. The molecule has 1 atom stereocenters. The summed E-state index contributed by atoms with van der Waals surface area (Å²) in [5.74, 6) is -1.89. The second kappa shape index (κ2) is 9.21. The third kappa shape index (κ3) is 5.75. The van der Waals surface area contributed by atoms with Crippen LogP contribution in [0.25, 0.3) is 0 Å². The summed E-state index contributed by atoms with van der Waals surface area (Å²) in [5.41, 5.74) is -0.497. The van der Waals surface area contributed by atoms with E-state index in [-0.39, 0.29) is 17.2 Å². The van der Waals surface area contributed by atoms with Crippen LogP contribution in [0.2, 0.25) is 0 Å². The van der Waals surface area contributed by atoms with Gasteiger partial charge in [0.2, 0.25) is 5.91 Å². The maximum atomic E-state index is 11.8. The van der Waals surface area contributed by atoms with Gasteiger partial charge in [0.05, 0.1) is 17.6 Å². The Morgan fingerprint density at radius 2 is 2.00 bits per heavy atom. The van der Waals surface area contributed by atoms with Crippen LogP contribution in [0.15, 0.2) is 18.2 Å². The number of nitrogens with one attached hydrogen (secondary N) is 2. The largest absolute Gasteiger partial charge is 0.477 e. The number of ether oxygens (including phenoxy) is 2. The van der Waals surface area contributed by atoms with Crippen molar-refractivity contribution >= 4 is 23.5 Å². The summed E-state index contributed by atoms with van der Waals surface area (Å²) in [6.07, 6.45) is 0. The lowest BCUT2D eigenvalue weighted by Gasteiger charge is -2.13. The Kier molecular flexibility index (Phi) is 7.32. The smallest absolute Gasteiger partial charge is 0.338 e. The topological polar surface area (TPSA) is 137 Å². The van der Waals surface area contributed by atoms with Crippen LogP contribution in [-0.4, -0.2) is 49.0 Å². The Balaban J connectivity index is 2.76. The number of nitro benzene ring substituents is 1. The number of carbonyl (C=O) groups is 3. The molecule has 10 nitrogen and oxygen atoms in total. The van der Waals surface area contributed by atoms with Crippen molar-refractivity contribution in [1.82, 2.24) is 10.6 Å². The summed E-state index contributed by atoms with van der Waals surface area (Å²) in [4.78, 5) is 45.1. The SMILES string of the molecule is CCNC(=O)[C@@H](C)NC(=O)COc1ccc(C(=O)OC)cc1[N+](=O)[O-]. The summed E-state index contributed by atoms with van der Waals surface area (Å²) in [6, 6.07) is 2.71. The van der Waals surface area contributed by atoms with Crippen LogP contribution in [0, 0.1) is 10.1 Å². The molecule has 0 fully saturated rings. The number of likely N-dealkylation sites (N-methyl/N-ethyl adjacent to an activating group) is 1. The summed E-state index contributed by atoms with van der Waals surface area (Å²) < 4.78 is 9.62. The van der Waals surface area contributed by atoms with Gasteiger partial charge in [0, 0.05) is 12.6 Å². The summed E-state index contributed by atoms with van der Waals surface area (Å²) in [7, 11) is 1.15. The molecule has 10 heteroatoms. The molecule has 0 bridgehead atoms. The molecule has 2 amide bonds. The molecule has 0 aliphatic heterocycles. The average Bonchev–Trinajstić information content (AvgIpc) is 2.59. The fourth-order valence-corrected chi connectivity index (χ4v) is 1.85. The average molecular weight is 353 g/mol. The molecule has 0 radical (unpaired) electrons. The molecule has 2 N–H and O–H groups in total. The van der Waals surface area contributed by atoms with Crippen molar-refractivity contribution in [2.45, 2.75) is 19.9 Å². The molecule has 0 aliphatic rings. The lowest BCUT2D eigenvalue weighted by molar-refractivity contribution is -0.385. The van der Waals surface area contributed by atoms with Gasteiger partial charge in [-0.05, 0) is 26.0 Å². The number of hydrogen-bond acceptors (Lipinski definition) is 7. The van der Waals surface area contributed by atoms with E-state index in [1.54, 1.807) is 6.92 Å². The quantitative estimate of drug-likeness (QED) is 0.392. The highest BCUT2D eigenvalue weighted by atomic mass is 16.6. The molecule has 0 aliphatic carbocycles. The van der Waals surface area contributed by atoms with Gasteiger partial charge in [-0.25, -0.2) is 4.79 Å². The van der Waals surface area contributed by atoms with Crippen LogP contribution in [-0.2, 0) is 14.3 Å². The number of rotatable bonds is 8. The lowest BCUT2D eigenvalue weighted by Crippen LogP contribution is -2.46. The molecule has 0 spiro atoms. The molecular formula is C15H19N3O7. The molecule has 1 aromatic rings. The van der Waals surface area contributed by atoms with Crippen LogP contribution in [0.4, 0.5) is 5.69 Å². The molecule has 0 unspecified atom stereocenters. The summed E-state index contributed by atoms with van der Waals surface area (Å²) >= 11 is 0.